The molecule has 0 spiro atoms. The Kier molecular flexibility index (Phi) is 7.82. The van der Waals surface area contributed by atoms with Gasteiger partial charge in [0.15, 0.2) is 0 Å². The number of anilines is 1. The molecule has 0 N–H and O–H groups in total. The van der Waals surface area contributed by atoms with Crippen LogP contribution in [0.5, 0.6) is 0 Å². The molecule has 2 amide bonds. The highest BCUT2D eigenvalue weighted by Gasteiger charge is 2.29. The first-order valence-corrected chi connectivity index (χ1v) is 15.0. The number of likely N-dealkylation sites (tertiary alicyclic amines) is 1. The van der Waals surface area contributed by atoms with Crippen LogP contribution in [0.2, 0.25) is 0 Å². The Hall–Kier alpha value is -2.67. The summed E-state index contributed by atoms with van der Waals surface area (Å²) in [6.45, 7) is 5.92. The lowest BCUT2D eigenvalue weighted by molar-refractivity contribution is -0.137. The molecule has 1 aromatic carbocycles. The third-order valence-electron chi connectivity index (χ3n) is 9.05. The molecule has 3 heterocycles. The van der Waals surface area contributed by atoms with Gasteiger partial charge in [-0.25, -0.2) is 4.98 Å². The first-order valence-electron chi connectivity index (χ1n) is 15.0. The Bertz CT molecular complexity index is 1170. The van der Waals surface area contributed by atoms with E-state index in [1.54, 1.807) is 0 Å². The van der Waals surface area contributed by atoms with Crippen molar-refractivity contribution in [3.63, 3.8) is 0 Å². The van der Waals surface area contributed by atoms with E-state index >= 15 is 0 Å². The van der Waals surface area contributed by atoms with Gasteiger partial charge in [-0.15, -0.1) is 0 Å². The van der Waals surface area contributed by atoms with Crippen LogP contribution in [-0.4, -0.2) is 72.5 Å². The first-order chi connectivity index (χ1) is 18.7. The van der Waals surface area contributed by atoms with Crippen LogP contribution in [0, 0.1) is 5.92 Å². The van der Waals surface area contributed by atoms with Crippen LogP contribution >= 0.6 is 0 Å². The average Bonchev–Trinajstić information content (AvgIpc) is 3.59. The third kappa shape index (κ3) is 5.54. The maximum Gasteiger partial charge on any atom is 0.225 e. The number of ether oxygens (including phenoxy) is 1. The number of aromatic nitrogens is 1. The van der Waals surface area contributed by atoms with Crippen LogP contribution in [0.15, 0.2) is 18.2 Å². The number of fused-ring (bicyclic) bond motifs is 2. The van der Waals surface area contributed by atoms with Crippen molar-refractivity contribution in [2.45, 2.75) is 77.2 Å². The van der Waals surface area contributed by atoms with Gasteiger partial charge in [-0.2, -0.15) is 0 Å². The normalized spacial score (nSPS) is 20.4. The predicted molar refractivity (Wildman–Crippen MR) is 149 cm³/mol. The first kappa shape index (κ1) is 25.6. The summed E-state index contributed by atoms with van der Waals surface area (Å²) in [5.41, 5.74) is 5.10. The number of aryl methyl sites for hydroxylation is 2. The molecule has 1 aromatic heterocycles. The van der Waals surface area contributed by atoms with E-state index in [0.29, 0.717) is 38.6 Å². The lowest BCUT2D eigenvalue weighted by Crippen LogP contribution is -2.40. The fourth-order valence-electron chi connectivity index (χ4n) is 6.92. The molecule has 0 atom stereocenters. The number of benzene rings is 1. The molecule has 7 heteroatoms. The smallest absolute Gasteiger partial charge is 0.225 e. The van der Waals surface area contributed by atoms with Crippen molar-refractivity contribution in [3.05, 3.63) is 34.9 Å². The molecular formula is C31H42N4O3. The van der Waals surface area contributed by atoms with Crippen molar-refractivity contribution in [1.29, 1.82) is 0 Å². The summed E-state index contributed by atoms with van der Waals surface area (Å²) in [4.78, 5) is 37.7. The average molecular weight is 519 g/mol. The van der Waals surface area contributed by atoms with Gasteiger partial charge >= 0.3 is 0 Å². The number of nitrogens with zero attached hydrogens (tertiary/aromatic N) is 4. The molecule has 2 saturated heterocycles. The highest BCUT2D eigenvalue weighted by atomic mass is 16.5. The van der Waals surface area contributed by atoms with Gasteiger partial charge in [-0.1, -0.05) is 19.3 Å². The molecule has 0 unspecified atom stereocenters. The van der Waals surface area contributed by atoms with E-state index in [-0.39, 0.29) is 11.8 Å². The maximum absolute atomic E-state index is 13.9. The van der Waals surface area contributed by atoms with Crippen molar-refractivity contribution in [2.24, 2.45) is 5.92 Å². The minimum Gasteiger partial charge on any atom is -0.378 e. The molecule has 204 valence electrons. The Balaban J connectivity index is 1.29. The lowest BCUT2D eigenvalue weighted by Gasteiger charge is -2.33. The SMILES string of the molecule is O=C1CCCN1CCCN(Cc1cc2cc3c(cc2nc1N1CCOCC1)CCC3)C(=O)C1CCCCC1. The van der Waals surface area contributed by atoms with Crippen molar-refractivity contribution < 1.29 is 14.3 Å². The largest absolute Gasteiger partial charge is 0.378 e. The van der Waals surface area contributed by atoms with Crippen molar-refractivity contribution in [1.82, 2.24) is 14.8 Å². The Labute approximate surface area is 226 Å². The zero-order valence-corrected chi connectivity index (χ0v) is 22.8. The van der Waals surface area contributed by atoms with Gasteiger partial charge in [0, 0.05) is 62.6 Å². The van der Waals surface area contributed by atoms with Gasteiger partial charge in [0.05, 0.1) is 18.7 Å². The summed E-state index contributed by atoms with van der Waals surface area (Å²) in [5, 5.41) is 1.19. The van der Waals surface area contributed by atoms with Gasteiger partial charge in [-0.3, -0.25) is 9.59 Å². The van der Waals surface area contributed by atoms with E-state index < -0.39 is 0 Å². The highest BCUT2D eigenvalue weighted by Crippen LogP contribution is 2.32. The second kappa shape index (κ2) is 11.6. The van der Waals surface area contributed by atoms with E-state index in [1.165, 1.54) is 29.4 Å². The summed E-state index contributed by atoms with van der Waals surface area (Å²) in [6, 6.07) is 6.93. The minimum atomic E-state index is 0.126. The standard InChI is InChI=1S/C31H42N4O3/c36-29-11-5-12-33(29)13-6-14-35(31(37)23-7-2-1-3-8-23)22-27-20-26-19-24-9-4-10-25(24)21-28(26)32-30(27)34-15-17-38-18-16-34/h19-21,23H,1-18,22H2. The van der Waals surface area contributed by atoms with Crippen molar-refractivity contribution >= 4 is 28.5 Å². The fourth-order valence-corrected chi connectivity index (χ4v) is 6.92. The summed E-state index contributed by atoms with van der Waals surface area (Å²) >= 11 is 0. The van der Waals surface area contributed by atoms with Crippen LogP contribution in [0.25, 0.3) is 10.9 Å². The molecule has 2 aliphatic heterocycles. The number of carbonyl (C=O) groups is 2. The molecule has 4 aliphatic rings. The van der Waals surface area contributed by atoms with E-state index in [0.717, 1.165) is 94.4 Å². The quantitative estimate of drug-likeness (QED) is 0.516. The summed E-state index contributed by atoms with van der Waals surface area (Å²) in [5.74, 6) is 1.69. The van der Waals surface area contributed by atoms with Crippen LogP contribution in [0.4, 0.5) is 5.82 Å². The molecule has 1 saturated carbocycles. The van der Waals surface area contributed by atoms with Gasteiger partial charge in [-0.05, 0) is 74.3 Å². The summed E-state index contributed by atoms with van der Waals surface area (Å²) in [7, 11) is 0. The van der Waals surface area contributed by atoms with Crippen LogP contribution in [0.3, 0.4) is 0 Å². The Morgan fingerprint density at radius 3 is 2.50 bits per heavy atom. The molecule has 38 heavy (non-hydrogen) atoms. The van der Waals surface area contributed by atoms with E-state index in [1.807, 2.05) is 4.90 Å². The maximum atomic E-state index is 13.9. The van der Waals surface area contributed by atoms with E-state index in [4.69, 9.17) is 9.72 Å². The molecule has 6 rings (SSSR count). The second-order valence-corrected chi connectivity index (χ2v) is 11.7. The number of hydrogen-bond donors (Lipinski definition) is 0. The third-order valence-corrected chi connectivity index (χ3v) is 9.05. The van der Waals surface area contributed by atoms with Gasteiger partial charge < -0.3 is 19.4 Å². The van der Waals surface area contributed by atoms with Crippen molar-refractivity contribution in [3.8, 4) is 0 Å². The minimum absolute atomic E-state index is 0.126. The summed E-state index contributed by atoms with van der Waals surface area (Å²) in [6.07, 6.45) is 11.5. The van der Waals surface area contributed by atoms with Crippen molar-refractivity contribution in [2.75, 3.05) is 50.8 Å². The number of morpholine rings is 1. The molecule has 2 aliphatic carbocycles. The van der Waals surface area contributed by atoms with Gasteiger partial charge in [0.1, 0.15) is 5.82 Å². The molecule has 3 fully saturated rings. The monoisotopic (exact) mass is 518 g/mol. The zero-order chi connectivity index (χ0) is 25.9. The summed E-state index contributed by atoms with van der Waals surface area (Å²) < 4.78 is 5.65. The number of carbonyl (C=O) groups excluding carboxylic acids is 2. The predicted octanol–water partition coefficient (Wildman–Crippen LogP) is 4.48. The van der Waals surface area contributed by atoms with Crippen LogP contribution < -0.4 is 4.90 Å². The van der Waals surface area contributed by atoms with Gasteiger partial charge in [0.2, 0.25) is 11.8 Å². The zero-order valence-electron chi connectivity index (χ0n) is 22.8. The number of rotatable bonds is 8. The van der Waals surface area contributed by atoms with E-state index in [2.05, 4.69) is 28.0 Å². The van der Waals surface area contributed by atoms with E-state index in [9.17, 15) is 9.59 Å². The molecule has 0 bridgehead atoms. The number of amides is 2. The molecular weight excluding hydrogens is 476 g/mol. The molecule has 2 aromatic rings. The topological polar surface area (TPSA) is 66.0 Å². The molecule has 7 nitrogen and oxygen atoms in total. The van der Waals surface area contributed by atoms with Crippen LogP contribution in [-0.2, 0) is 33.7 Å². The molecule has 0 radical (unpaired) electrons. The number of pyridine rings is 1. The second-order valence-electron chi connectivity index (χ2n) is 11.7. The highest BCUT2D eigenvalue weighted by molar-refractivity contribution is 5.85. The van der Waals surface area contributed by atoms with Crippen LogP contribution in [0.1, 0.15) is 74.5 Å². The number of hydrogen-bond acceptors (Lipinski definition) is 5. The fraction of sp³-hybridized carbons (Fsp3) is 0.645. The Morgan fingerprint density at radius 2 is 1.74 bits per heavy atom. The lowest BCUT2D eigenvalue weighted by atomic mass is 9.88. The Morgan fingerprint density at radius 1 is 0.947 bits per heavy atom. The van der Waals surface area contributed by atoms with Gasteiger partial charge in [0.25, 0.3) is 0 Å².